The van der Waals surface area contributed by atoms with Crippen molar-refractivity contribution in [1.29, 1.82) is 0 Å². The van der Waals surface area contributed by atoms with Crippen LogP contribution in [0.3, 0.4) is 0 Å². The van der Waals surface area contributed by atoms with E-state index in [1.165, 1.54) is 7.11 Å². The maximum atomic E-state index is 12.0. The topological polar surface area (TPSA) is 82.5 Å². The van der Waals surface area contributed by atoms with E-state index in [1.54, 1.807) is 24.4 Å². The van der Waals surface area contributed by atoms with Gasteiger partial charge < -0.3 is 14.8 Å². The van der Waals surface area contributed by atoms with Crippen molar-refractivity contribution in [2.24, 2.45) is 0 Å². The van der Waals surface area contributed by atoms with Crippen LogP contribution in [0.2, 0.25) is 0 Å². The summed E-state index contributed by atoms with van der Waals surface area (Å²) in [6, 6.07) is 6.73. The molecule has 0 bridgehead atoms. The summed E-state index contributed by atoms with van der Waals surface area (Å²) in [5.41, 5.74) is 0.191. The van der Waals surface area contributed by atoms with Crippen LogP contribution in [0.5, 0.6) is 11.5 Å². The maximum absolute atomic E-state index is 12.0. The lowest BCUT2D eigenvalue weighted by Crippen LogP contribution is -2.41. The van der Waals surface area contributed by atoms with Gasteiger partial charge in [-0.2, -0.15) is 5.10 Å². The molecule has 0 aliphatic heterocycles. The van der Waals surface area contributed by atoms with Gasteiger partial charge in [0.1, 0.15) is 6.29 Å². The van der Waals surface area contributed by atoms with Gasteiger partial charge in [0.2, 0.25) is 5.91 Å². The van der Waals surface area contributed by atoms with Crippen LogP contribution in [-0.4, -0.2) is 42.2 Å². The predicted molar refractivity (Wildman–Crippen MR) is 93.1 cm³/mol. The summed E-state index contributed by atoms with van der Waals surface area (Å²) in [5.74, 6) is 0.853. The Kier molecular flexibility index (Phi) is 6.16. The third-order valence-corrected chi connectivity index (χ3v) is 3.75. The smallest absolute Gasteiger partial charge is 0.223 e. The van der Waals surface area contributed by atoms with Gasteiger partial charge in [0.15, 0.2) is 11.5 Å². The molecule has 0 aliphatic rings. The Hall–Kier alpha value is -2.83. The Morgan fingerprint density at radius 3 is 2.80 bits per heavy atom. The van der Waals surface area contributed by atoms with Gasteiger partial charge in [-0.3, -0.25) is 14.3 Å². The first kappa shape index (κ1) is 18.5. The van der Waals surface area contributed by atoms with E-state index < -0.39 is 0 Å². The molecule has 0 saturated heterocycles. The van der Waals surface area contributed by atoms with Crippen LogP contribution < -0.4 is 14.8 Å². The van der Waals surface area contributed by atoms with Crippen LogP contribution in [0.25, 0.3) is 0 Å². The molecule has 1 amide bonds. The van der Waals surface area contributed by atoms with Crippen LogP contribution in [-0.2, 0) is 10.3 Å². The summed E-state index contributed by atoms with van der Waals surface area (Å²) in [6.07, 6.45) is 4.53. The van der Waals surface area contributed by atoms with Crippen LogP contribution in [0, 0.1) is 0 Å². The molecule has 0 atom stereocenters. The first-order valence-corrected chi connectivity index (χ1v) is 7.99. The van der Waals surface area contributed by atoms with Crippen LogP contribution in [0.1, 0.15) is 30.6 Å². The molecule has 7 nitrogen and oxygen atoms in total. The zero-order valence-corrected chi connectivity index (χ0v) is 14.7. The second-order valence-electron chi connectivity index (χ2n) is 6.17. The van der Waals surface area contributed by atoms with Crippen molar-refractivity contribution >= 4 is 12.2 Å². The second-order valence-corrected chi connectivity index (χ2v) is 6.17. The van der Waals surface area contributed by atoms with Crippen LogP contribution >= 0.6 is 0 Å². The fourth-order valence-corrected chi connectivity index (χ4v) is 2.24. The number of nitrogens with one attached hydrogen (secondary N) is 1. The van der Waals surface area contributed by atoms with E-state index in [9.17, 15) is 9.59 Å². The van der Waals surface area contributed by atoms with E-state index in [1.807, 2.05) is 30.8 Å². The van der Waals surface area contributed by atoms with E-state index in [-0.39, 0.29) is 24.5 Å². The number of carbonyl (C=O) groups excluding carboxylic acids is 2. The number of amides is 1. The first-order chi connectivity index (χ1) is 12.0. The molecular weight excluding hydrogens is 322 g/mol. The number of hydrogen-bond acceptors (Lipinski definition) is 5. The lowest BCUT2D eigenvalue weighted by atomic mass is 10.1. The van der Waals surface area contributed by atoms with Gasteiger partial charge in [-0.05, 0) is 38.1 Å². The molecule has 1 N–H and O–H groups in total. The minimum Gasteiger partial charge on any atom is -0.493 e. The number of benzene rings is 1. The summed E-state index contributed by atoms with van der Waals surface area (Å²) in [6.45, 7) is 4.67. The maximum Gasteiger partial charge on any atom is 0.223 e. The number of methoxy groups -OCH3 is 1. The van der Waals surface area contributed by atoms with Crippen LogP contribution in [0.4, 0.5) is 0 Å². The number of ether oxygens (including phenoxy) is 2. The van der Waals surface area contributed by atoms with E-state index in [2.05, 4.69) is 10.4 Å². The van der Waals surface area contributed by atoms with Gasteiger partial charge in [0.25, 0.3) is 0 Å². The van der Waals surface area contributed by atoms with Gasteiger partial charge in [-0.25, -0.2) is 0 Å². The van der Waals surface area contributed by atoms with Crippen molar-refractivity contribution in [3.63, 3.8) is 0 Å². The normalized spacial score (nSPS) is 11.0. The Bertz CT molecular complexity index is 711. The van der Waals surface area contributed by atoms with Crippen molar-refractivity contribution in [3.8, 4) is 11.5 Å². The molecule has 0 saturated carbocycles. The van der Waals surface area contributed by atoms with Crippen LogP contribution in [0.15, 0.2) is 36.7 Å². The molecule has 0 fully saturated rings. The largest absolute Gasteiger partial charge is 0.493 e. The lowest BCUT2D eigenvalue weighted by Gasteiger charge is -2.25. The number of aldehydes is 1. The summed E-state index contributed by atoms with van der Waals surface area (Å²) in [4.78, 5) is 22.8. The highest BCUT2D eigenvalue weighted by molar-refractivity contribution is 5.77. The van der Waals surface area contributed by atoms with E-state index >= 15 is 0 Å². The Morgan fingerprint density at radius 2 is 2.16 bits per heavy atom. The van der Waals surface area contributed by atoms with E-state index in [4.69, 9.17) is 9.47 Å². The van der Waals surface area contributed by atoms with E-state index in [0.717, 1.165) is 6.29 Å². The monoisotopic (exact) mass is 345 g/mol. The van der Waals surface area contributed by atoms with Gasteiger partial charge in [0.05, 0.1) is 25.7 Å². The molecule has 1 aromatic heterocycles. The third kappa shape index (κ3) is 5.07. The molecule has 7 heteroatoms. The molecule has 2 aromatic rings. The molecule has 0 radical (unpaired) electrons. The molecule has 1 heterocycles. The standard InChI is InChI=1S/C18H23N3O4/c1-18(2,21-9-4-8-20-21)13-19-17(23)7-10-25-15-6-5-14(12-22)11-16(15)24-3/h4-6,8-9,11-12H,7,10,13H2,1-3H3,(H,19,23). The Morgan fingerprint density at radius 1 is 1.36 bits per heavy atom. The zero-order chi connectivity index (χ0) is 18.3. The zero-order valence-electron chi connectivity index (χ0n) is 14.7. The third-order valence-electron chi connectivity index (χ3n) is 3.75. The number of carbonyl (C=O) groups is 2. The van der Waals surface area contributed by atoms with Gasteiger partial charge in [-0.15, -0.1) is 0 Å². The fourth-order valence-electron chi connectivity index (χ4n) is 2.24. The molecule has 134 valence electrons. The molecule has 0 unspecified atom stereocenters. The average molecular weight is 345 g/mol. The summed E-state index contributed by atoms with van der Waals surface area (Å²) < 4.78 is 12.6. The molecule has 0 spiro atoms. The number of rotatable bonds is 9. The Balaban J connectivity index is 1.80. The highest BCUT2D eigenvalue weighted by atomic mass is 16.5. The highest BCUT2D eigenvalue weighted by Gasteiger charge is 2.21. The second kappa shape index (κ2) is 8.32. The van der Waals surface area contributed by atoms with E-state index in [0.29, 0.717) is 23.6 Å². The molecule has 2 rings (SSSR count). The predicted octanol–water partition coefficient (Wildman–Crippen LogP) is 2.02. The minimum atomic E-state index is -0.312. The van der Waals surface area contributed by atoms with Crippen molar-refractivity contribution in [1.82, 2.24) is 15.1 Å². The van der Waals surface area contributed by atoms with Crippen molar-refractivity contribution in [3.05, 3.63) is 42.2 Å². The first-order valence-electron chi connectivity index (χ1n) is 7.99. The average Bonchev–Trinajstić information content (AvgIpc) is 3.16. The molecular formula is C18H23N3O4. The molecule has 25 heavy (non-hydrogen) atoms. The summed E-state index contributed by atoms with van der Waals surface area (Å²) in [5, 5.41) is 7.09. The molecule has 1 aromatic carbocycles. The summed E-state index contributed by atoms with van der Waals surface area (Å²) in [7, 11) is 1.50. The number of hydrogen-bond donors (Lipinski definition) is 1. The van der Waals surface area contributed by atoms with Gasteiger partial charge >= 0.3 is 0 Å². The van der Waals surface area contributed by atoms with Gasteiger partial charge in [-0.1, -0.05) is 0 Å². The fraction of sp³-hybridized carbons (Fsp3) is 0.389. The van der Waals surface area contributed by atoms with Crippen molar-refractivity contribution in [2.75, 3.05) is 20.3 Å². The van der Waals surface area contributed by atoms with Crippen molar-refractivity contribution in [2.45, 2.75) is 25.8 Å². The van der Waals surface area contributed by atoms with Gasteiger partial charge in [0, 0.05) is 24.5 Å². The quantitative estimate of drug-likeness (QED) is 0.703. The van der Waals surface area contributed by atoms with Crippen molar-refractivity contribution < 1.29 is 19.1 Å². The number of nitrogens with zero attached hydrogens (tertiary/aromatic N) is 2. The molecule has 0 aliphatic carbocycles. The Labute approximate surface area is 146 Å². The number of aromatic nitrogens is 2. The summed E-state index contributed by atoms with van der Waals surface area (Å²) >= 11 is 0. The SMILES string of the molecule is COc1cc(C=O)ccc1OCCC(=O)NCC(C)(C)n1cccn1. The lowest BCUT2D eigenvalue weighted by molar-refractivity contribution is -0.122. The minimum absolute atomic E-state index is 0.108. The highest BCUT2D eigenvalue weighted by Crippen LogP contribution is 2.27.